The second-order valence-corrected chi connectivity index (χ2v) is 7.61. The maximum atomic E-state index is 12.3. The number of rotatable bonds is 3. The van der Waals surface area contributed by atoms with Gasteiger partial charge in [-0.3, -0.25) is 9.59 Å². The summed E-state index contributed by atoms with van der Waals surface area (Å²) in [5, 5.41) is 0. The van der Waals surface area contributed by atoms with Crippen LogP contribution in [0.4, 0.5) is 0 Å². The van der Waals surface area contributed by atoms with E-state index in [9.17, 15) is 18.0 Å². The number of hydrogen-bond acceptors (Lipinski definition) is 4. The smallest absolute Gasteiger partial charge is 0.225 e. The van der Waals surface area contributed by atoms with Crippen LogP contribution in [0.1, 0.15) is 19.3 Å². The van der Waals surface area contributed by atoms with Gasteiger partial charge in [-0.25, -0.2) is 8.42 Å². The zero-order valence-electron chi connectivity index (χ0n) is 11.6. The number of primary amides is 1. The van der Waals surface area contributed by atoms with E-state index in [1.54, 1.807) is 4.90 Å². The highest BCUT2D eigenvalue weighted by atomic mass is 32.2. The molecule has 2 N–H and O–H groups in total. The molecule has 8 heteroatoms. The summed E-state index contributed by atoms with van der Waals surface area (Å²) >= 11 is 0. The fourth-order valence-electron chi connectivity index (χ4n) is 2.58. The molecule has 1 unspecified atom stereocenters. The lowest BCUT2D eigenvalue weighted by Gasteiger charge is -2.31. The van der Waals surface area contributed by atoms with Crippen LogP contribution in [0.25, 0.3) is 0 Å². The summed E-state index contributed by atoms with van der Waals surface area (Å²) in [6, 6.07) is 0. The Kier molecular flexibility index (Phi) is 4.33. The maximum Gasteiger partial charge on any atom is 0.225 e. The fourth-order valence-corrected chi connectivity index (χ4v) is 3.44. The van der Waals surface area contributed by atoms with Gasteiger partial charge in [-0.05, 0) is 12.8 Å². The quantitative estimate of drug-likeness (QED) is 0.722. The highest BCUT2D eigenvalue weighted by Crippen LogP contribution is 2.29. The Balaban J connectivity index is 2.13. The van der Waals surface area contributed by atoms with Crippen LogP contribution >= 0.6 is 0 Å². The minimum absolute atomic E-state index is 0.0258. The van der Waals surface area contributed by atoms with Crippen molar-refractivity contribution in [3.8, 4) is 0 Å². The molecule has 0 aromatic heterocycles. The van der Waals surface area contributed by atoms with E-state index < -0.39 is 21.8 Å². The largest absolute Gasteiger partial charge is 0.369 e. The normalized spacial score (nSPS) is 25.9. The Morgan fingerprint density at radius 1 is 1.10 bits per heavy atom. The highest BCUT2D eigenvalue weighted by Gasteiger charge is 2.35. The Hall–Kier alpha value is -1.15. The molecule has 2 rings (SSSR count). The summed E-state index contributed by atoms with van der Waals surface area (Å²) in [6.45, 7) is 0.826. The van der Waals surface area contributed by atoms with Gasteiger partial charge in [0.05, 0.1) is 12.2 Å². The molecule has 114 valence electrons. The number of nitrogens with two attached hydrogens (primary N) is 1. The number of amides is 2. The van der Waals surface area contributed by atoms with Gasteiger partial charge in [-0.15, -0.1) is 0 Å². The van der Waals surface area contributed by atoms with Crippen molar-refractivity contribution in [3.63, 3.8) is 0 Å². The first-order valence-corrected chi connectivity index (χ1v) is 8.67. The third kappa shape index (κ3) is 3.29. The number of carbonyl (C=O) groups is 2. The van der Waals surface area contributed by atoms with E-state index in [0.29, 0.717) is 6.54 Å². The molecule has 7 nitrogen and oxygen atoms in total. The van der Waals surface area contributed by atoms with E-state index in [4.69, 9.17) is 5.73 Å². The van der Waals surface area contributed by atoms with Crippen molar-refractivity contribution < 1.29 is 18.0 Å². The minimum Gasteiger partial charge on any atom is -0.369 e. The summed E-state index contributed by atoms with van der Waals surface area (Å²) in [4.78, 5) is 25.3. The van der Waals surface area contributed by atoms with Gasteiger partial charge < -0.3 is 10.6 Å². The molecule has 1 saturated heterocycles. The first-order chi connectivity index (χ1) is 9.29. The van der Waals surface area contributed by atoms with Crippen LogP contribution in [0.3, 0.4) is 0 Å². The van der Waals surface area contributed by atoms with Gasteiger partial charge in [0.15, 0.2) is 0 Å². The van der Waals surface area contributed by atoms with Gasteiger partial charge >= 0.3 is 0 Å². The van der Waals surface area contributed by atoms with Gasteiger partial charge in [-0.2, -0.15) is 4.31 Å². The molecule has 0 radical (unpaired) electrons. The summed E-state index contributed by atoms with van der Waals surface area (Å²) in [5.41, 5.74) is 5.33. The van der Waals surface area contributed by atoms with Gasteiger partial charge in [0.1, 0.15) is 0 Å². The van der Waals surface area contributed by atoms with Crippen LogP contribution in [0, 0.1) is 11.8 Å². The molecule has 20 heavy (non-hydrogen) atoms. The maximum absolute atomic E-state index is 12.3. The Labute approximate surface area is 119 Å². The summed E-state index contributed by atoms with van der Waals surface area (Å²) < 4.78 is 24.5. The SMILES string of the molecule is CS(=O)(=O)N1CCN(C(=O)C2CCC2)CC(C(N)=O)C1. The molecule has 1 atom stereocenters. The summed E-state index contributed by atoms with van der Waals surface area (Å²) in [6.07, 6.45) is 3.92. The molecular weight excluding hydrogens is 282 g/mol. The predicted molar refractivity (Wildman–Crippen MR) is 73.0 cm³/mol. The zero-order valence-corrected chi connectivity index (χ0v) is 12.4. The van der Waals surface area contributed by atoms with Crippen molar-refractivity contribution in [2.45, 2.75) is 19.3 Å². The van der Waals surface area contributed by atoms with Crippen LogP contribution in [0.5, 0.6) is 0 Å². The Morgan fingerprint density at radius 2 is 1.75 bits per heavy atom. The van der Waals surface area contributed by atoms with Crippen molar-refractivity contribution in [1.29, 1.82) is 0 Å². The Morgan fingerprint density at radius 3 is 2.20 bits per heavy atom. The van der Waals surface area contributed by atoms with E-state index in [1.807, 2.05) is 0 Å². The zero-order chi connectivity index (χ0) is 14.9. The molecule has 1 saturated carbocycles. The first kappa shape index (κ1) is 15.2. The predicted octanol–water partition coefficient (Wildman–Crippen LogP) is -1.01. The van der Waals surface area contributed by atoms with Crippen molar-refractivity contribution in [3.05, 3.63) is 0 Å². The minimum atomic E-state index is -3.39. The molecule has 0 bridgehead atoms. The summed E-state index contributed by atoms with van der Waals surface area (Å²) in [7, 11) is -3.39. The van der Waals surface area contributed by atoms with Crippen molar-refractivity contribution in [2.24, 2.45) is 17.6 Å². The number of hydrogen-bond donors (Lipinski definition) is 1. The van der Waals surface area contributed by atoms with Crippen molar-refractivity contribution in [1.82, 2.24) is 9.21 Å². The van der Waals surface area contributed by atoms with Gasteiger partial charge in [-0.1, -0.05) is 6.42 Å². The van der Waals surface area contributed by atoms with E-state index in [2.05, 4.69) is 0 Å². The lowest BCUT2D eigenvalue weighted by Crippen LogP contribution is -2.44. The molecule has 2 fully saturated rings. The lowest BCUT2D eigenvalue weighted by molar-refractivity contribution is -0.139. The van der Waals surface area contributed by atoms with E-state index >= 15 is 0 Å². The Bertz CT molecular complexity index is 501. The molecule has 1 aliphatic carbocycles. The molecule has 2 amide bonds. The molecule has 0 spiro atoms. The third-order valence-corrected chi connectivity index (χ3v) is 5.39. The van der Waals surface area contributed by atoms with Gasteiger partial charge in [0, 0.05) is 32.1 Å². The average Bonchev–Trinajstić information content (AvgIpc) is 2.48. The second-order valence-electron chi connectivity index (χ2n) is 5.63. The monoisotopic (exact) mass is 303 g/mol. The number of nitrogens with zero attached hydrogens (tertiary/aromatic N) is 2. The lowest BCUT2D eigenvalue weighted by atomic mass is 9.84. The summed E-state index contributed by atoms with van der Waals surface area (Å²) in [5.74, 6) is -1.14. The molecule has 0 aromatic rings. The van der Waals surface area contributed by atoms with Gasteiger partial charge in [0.2, 0.25) is 21.8 Å². The number of sulfonamides is 1. The molecule has 2 aliphatic rings. The van der Waals surface area contributed by atoms with E-state index in [1.165, 1.54) is 4.31 Å². The van der Waals surface area contributed by atoms with E-state index in [-0.39, 0.29) is 31.5 Å². The number of carbonyl (C=O) groups excluding carboxylic acids is 2. The standard InChI is InChI=1S/C12H21N3O4S/c1-20(18,19)15-6-5-14(7-10(8-15)11(13)16)12(17)9-3-2-4-9/h9-10H,2-8H2,1H3,(H2,13,16). The molecule has 1 heterocycles. The fraction of sp³-hybridized carbons (Fsp3) is 0.833. The van der Waals surface area contributed by atoms with Crippen LogP contribution in [0.15, 0.2) is 0 Å². The molecule has 1 aliphatic heterocycles. The second kappa shape index (κ2) is 5.69. The third-order valence-electron chi connectivity index (χ3n) is 4.12. The first-order valence-electron chi connectivity index (χ1n) is 6.82. The van der Waals surface area contributed by atoms with Crippen LogP contribution < -0.4 is 5.73 Å². The van der Waals surface area contributed by atoms with Crippen LogP contribution in [-0.4, -0.2) is 61.9 Å². The highest BCUT2D eigenvalue weighted by molar-refractivity contribution is 7.88. The average molecular weight is 303 g/mol. The van der Waals surface area contributed by atoms with Crippen LogP contribution in [0.2, 0.25) is 0 Å². The van der Waals surface area contributed by atoms with E-state index in [0.717, 1.165) is 25.5 Å². The van der Waals surface area contributed by atoms with Crippen molar-refractivity contribution in [2.75, 3.05) is 32.4 Å². The van der Waals surface area contributed by atoms with Crippen molar-refractivity contribution >= 4 is 21.8 Å². The molecular formula is C12H21N3O4S. The molecule has 0 aromatic carbocycles. The van der Waals surface area contributed by atoms with Gasteiger partial charge in [0.25, 0.3) is 0 Å². The van der Waals surface area contributed by atoms with Crippen LogP contribution in [-0.2, 0) is 19.6 Å². The topological polar surface area (TPSA) is 101 Å².